The Morgan fingerprint density at radius 2 is 1.93 bits per heavy atom. The quantitative estimate of drug-likeness (QED) is 0.572. The molecule has 4 heteroatoms. The van der Waals surface area contributed by atoms with Crippen molar-refractivity contribution in [3.63, 3.8) is 0 Å². The van der Waals surface area contributed by atoms with Crippen LogP contribution in [0.3, 0.4) is 0 Å². The minimum Gasteiger partial charge on any atom is -0.294 e. The number of hydrogen-bond acceptors (Lipinski definition) is 1. The number of hydrogen-bond donors (Lipinski definition) is 0. The monoisotopic (exact) mass is 232 g/mol. The van der Waals surface area contributed by atoms with Crippen LogP contribution in [0.15, 0.2) is 12.1 Å². The van der Waals surface area contributed by atoms with Crippen molar-refractivity contribution in [2.75, 3.05) is 0 Å². The molecule has 0 aliphatic heterocycles. The van der Waals surface area contributed by atoms with E-state index in [1.54, 1.807) is 6.92 Å². The summed E-state index contributed by atoms with van der Waals surface area (Å²) in [6.45, 7) is 3.57. The van der Waals surface area contributed by atoms with Crippen LogP contribution in [0.25, 0.3) is 0 Å². The van der Waals surface area contributed by atoms with Crippen molar-refractivity contribution in [2.24, 2.45) is 5.92 Å². The third-order valence-electron chi connectivity index (χ3n) is 2.34. The molecule has 1 rings (SSSR count). The van der Waals surface area contributed by atoms with Crippen LogP contribution in [0.5, 0.6) is 0 Å². The molecule has 82 valence electrons. The summed E-state index contributed by atoms with van der Waals surface area (Å²) in [7, 11) is 0. The fourth-order valence-electron chi connectivity index (χ4n) is 1.16. The molecule has 0 aliphatic carbocycles. The van der Waals surface area contributed by atoms with Gasteiger partial charge in [0.1, 0.15) is 0 Å². The second-order valence-electron chi connectivity index (χ2n) is 3.42. The molecule has 0 amide bonds. The van der Waals surface area contributed by atoms with E-state index in [0.29, 0.717) is 6.42 Å². The van der Waals surface area contributed by atoms with E-state index in [0.717, 1.165) is 12.1 Å². The largest absolute Gasteiger partial charge is 0.294 e. The molecular weight excluding hydrogens is 222 g/mol. The van der Waals surface area contributed by atoms with Crippen LogP contribution in [0.2, 0.25) is 5.02 Å². The highest BCUT2D eigenvalue weighted by Crippen LogP contribution is 2.23. The van der Waals surface area contributed by atoms with E-state index in [1.165, 1.54) is 0 Å². The maximum atomic E-state index is 12.9. The number of carbonyl (C=O) groups excluding carboxylic acids is 1. The van der Waals surface area contributed by atoms with Crippen LogP contribution < -0.4 is 0 Å². The molecule has 0 N–H and O–H groups in total. The van der Waals surface area contributed by atoms with Gasteiger partial charge in [0.2, 0.25) is 0 Å². The molecule has 1 nitrogen and oxygen atoms in total. The third-order valence-corrected chi connectivity index (χ3v) is 2.65. The van der Waals surface area contributed by atoms with Gasteiger partial charge in [0.25, 0.3) is 0 Å². The lowest BCUT2D eigenvalue weighted by molar-refractivity contribution is 0.0927. The van der Waals surface area contributed by atoms with Crippen molar-refractivity contribution in [3.05, 3.63) is 34.4 Å². The minimum atomic E-state index is -1.05. The summed E-state index contributed by atoms with van der Waals surface area (Å²) in [5.41, 5.74) is 0.0462. The van der Waals surface area contributed by atoms with E-state index < -0.39 is 11.6 Å². The Balaban J connectivity index is 3.15. The van der Waals surface area contributed by atoms with Gasteiger partial charge in [-0.05, 0) is 18.6 Å². The maximum Gasteiger partial charge on any atom is 0.167 e. The molecular formula is C11H11ClF2O. The van der Waals surface area contributed by atoms with Gasteiger partial charge in [-0.3, -0.25) is 4.79 Å². The van der Waals surface area contributed by atoms with Gasteiger partial charge in [-0.25, -0.2) is 8.78 Å². The highest BCUT2D eigenvalue weighted by Gasteiger charge is 2.18. The third kappa shape index (κ3) is 2.53. The highest BCUT2D eigenvalue weighted by molar-refractivity contribution is 6.34. The van der Waals surface area contributed by atoms with E-state index in [2.05, 4.69) is 0 Å². The first-order valence-electron chi connectivity index (χ1n) is 4.66. The molecule has 0 bridgehead atoms. The van der Waals surface area contributed by atoms with Crippen molar-refractivity contribution >= 4 is 17.4 Å². The number of benzene rings is 1. The molecule has 1 aromatic carbocycles. The first kappa shape index (κ1) is 12.1. The van der Waals surface area contributed by atoms with E-state index in [4.69, 9.17) is 11.6 Å². The Morgan fingerprint density at radius 1 is 1.40 bits per heavy atom. The molecule has 15 heavy (non-hydrogen) atoms. The molecule has 0 fully saturated rings. The SMILES string of the molecule is CCC(C)C(=O)c1cc(F)c(F)cc1Cl. The Bertz CT molecular complexity index is 390. The van der Waals surface area contributed by atoms with Crippen molar-refractivity contribution in [1.29, 1.82) is 0 Å². The molecule has 0 saturated heterocycles. The van der Waals surface area contributed by atoms with Gasteiger partial charge < -0.3 is 0 Å². The van der Waals surface area contributed by atoms with Crippen LogP contribution in [0.1, 0.15) is 30.6 Å². The zero-order chi connectivity index (χ0) is 11.6. The van der Waals surface area contributed by atoms with E-state index >= 15 is 0 Å². The predicted molar refractivity (Wildman–Crippen MR) is 55.2 cm³/mol. The van der Waals surface area contributed by atoms with E-state index in [1.807, 2.05) is 6.92 Å². The predicted octanol–water partition coefficient (Wildman–Crippen LogP) is 3.85. The second kappa shape index (κ2) is 4.71. The molecule has 0 heterocycles. The maximum absolute atomic E-state index is 12.9. The average Bonchev–Trinajstić information content (AvgIpc) is 2.21. The Kier molecular flexibility index (Phi) is 3.80. The van der Waals surface area contributed by atoms with Crippen molar-refractivity contribution < 1.29 is 13.6 Å². The van der Waals surface area contributed by atoms with Gasteiger partial charge in [-0.15, -0.1) is 0 Å². The summed E-state index contributed by atoms with van der Waals surface area (Å²) >= 11 is 5.67. The van der Waals surface area contributed by atoms with Gasteiger partial charge in [0, 0.05) is 11.5 Å². The number of ketones is 1. The standard InChI is InChI=1S/C11H11ClF2O/c1-3-6(2)11(15)7-4-9(13)10(14)5-8(7)12/h4-6H,3H2,1-2H3. The average molecular weight is 233 g/mol. The van der Waals surface area contributed by atoms with Crippen LogP contribution in [0, 0.1) is 17.6 Å². The molecule has 0 aromatic heterocycles. The zero-order valence-electron chi connectivity index (χ0n) is 8.48. The Labute approximate surface area is 92.1 Å². The molecule has 0 aliphatic rings. The van der Waals surface area contributed by atoms with Crippen molar-refractivity contribution in [1.82, 2.24) is 0 Å². The second-order valence-corrected chi connectivity index (χ2v) is 3.83. The van der Waals surface area contributed by atoms with Crippen molar-refractivity contribution in [3.8, 4) is 0 Å². The zero-order valence-corrected chi connectivity index (χ0v) is 9.24. The van der Waals surface area contributed by atoms with Gasteiger partial charge >= 0.3 is 0 Å². The summed E-state index contributed by atoms with van der Waals surface area (Å²) in [6, 6.07) is 1.68. The summed E-state index contributed by atoms with van der Waals surface area (Å²) in [6.07, 6.45) is 0.633. The fourth-order valence-corrected chi connectivity index (χ4v) is 1.41. The van der Waals surface area contributed by atoms with Gasteiger partial charge in [-0.1, -0.05) is 25.4 Å². The summed E-state index contributed by atoms with van der Waals surface area (Å²) in [5.74, 6) is -2.60. The number of rotatable bonds is 3. The Morgan fingerprint density at radius 3 is 2.47 bits per heavy atom. The topological polar surface area (TPSA) is 17.1 Å². The molecule has 0 spiro atoms. The lowest BCUT2D eigenvalue weighted by Crippen LogP contribution is -2.11. The lowest BCUT2D eigenvalue weighted by Gasteiger charge is -2.09. The van der Waals surface area contributed by atoms with Gasteiger partial charge in [0.05, 0.1) is 5.02 Å². The lowest BCUT2D eigenvalue weighted by atomic mass is 9.97. The fraction of sp³-hybridized carbons (Fsp3) is 0.364. The van der Waals surface area contributed by atoms with Gasteiger partial charge in [0.15, 0.2) is 17.4 Å². The molecule has 0 radical (unpaired) electrons. The normalized spacial score (nSPS) is 12.6. The van der Waals surface area contributed by atoms with Gasteiger partial charge in [-0.2, -0.15) is 0 Å². The van der Waals surface area contributed by atoms with Crippen LogP contribution in [0.4, 0.5) is 8.78 Å². The smallest absolute Gasteiger partial charge is 0.167 e. The first-order chi connectivity index (χ1) is 6.97. The molecule has 0 saturated carbocycles. The van der Waals surface area contributed by atoms with Crippen LogP contribution >= 0.6 is 11.6 Å². The molecule has 1 aromatic rings. The van der Waals surface area contributed by atoms with Crippen molar-refractivity contribution in [2.45, 2.75) is 20.3 Å². The van der Waals surface area contributed by atoms with E-state index in [9.17, 15) is 13.6 Å². The minimum absolute atomic E-state index is 0.0424. The highest BCUT2D eigenvalue weighted by atomic mass is 35.5. The van der Waals surface area contributed by atoms with Crippen LogP contribution in [-0.4, -0.2) is 5.78 Å². The molecule has 1 unspecified atom stereocenters. The first-order valence-corrected chi connectivity index (χ1v) is 5.04. The summed E-state index contributed by atoms with van der Waals surface area (Å²) < 4.78 is 25.6. The number of Topliss-reactive ketones (excluding diaryl/α,β-unsaturated/α-hetero) is 1. The number of carbonyl (C=O) groups is 1. The number of halogens is 3. The van der Waals surface area contributed by atoms with E-state index in [-0.39, 0.29) is 22.3 Å². The van der Waals surface area contributed by atoms with Crippen LogP contribution in [-0.2, 0) is 0 Å². The summed E-state index contributed by atoms with van der Waals surface area (Å²) in [5, 5.41) is -0.0424. The Hall–Kier alpha value is -0.960. The summed E-state index contributed by atoms with van der Waals surface area (Å²) in [4.78, 5) is 11.7. The molecule has 1 atom stereocenters.